The predicted octanol–water partition coefficient (Wildman–Crippen LogP) is 5.47. The quantitative estimate of drug-likeness (QED) is 0.215. The van der Waals surface area contributed by atoms with Crippen LogP contribution in [0.4, 0.5) is 5.69 Å². The van der Waals surface area contributed by atoms with Crippen LogP contribution in [0, 0.1) is 19.3 Å². The molecule has 0 aliphatic carbocycles. The van der Waals surface area contributed by atoms with E-state index in [1.165, 1.54) is 27.9 Å². The van der Waals surface area contributed by atoms with Gasteiger partial charge in [-0.1, -0.05) is 32.1 Å². The highest BCUT2D eigenvalue weighted by Crippen LogP contribution is 2.46. The summed E-state index contributed by atoms with van der Waals surface area (Å²) >= 11 is 1.47. The van der Waals surface area contributed by atoms with Gasteiger partial charge in [0, 0.05) is 23.8 Å². The summed E-state index contributed by atoms with van der Waals surface area (Å²) in [5.41, 5.74) is 3.69. The van der Waals surface area contributed by atoms with E-state index < -0.39 is 21.4 Å². The summed E-state index contributed by atoms with van der Waals surface area (Å²) in [4.78, 5) is 28.4. The standard InChI is InChI=1S/C33H38N8O4S2/c1-7-23-18-40(47(43,44)27-12-10-16-35-30(27)45-23)19-25-21(4)46-31(37-25)28(33(5,6)32(42)36-22-11-9-15-34-17-22)24-13-14-26-29(20(24)3)38-39-41(26)8-2/h9-17,23,28H,7-8,18-19H2,1-6H3,(H,36,42)/t23-,28-/m1/s1. The summed E-state index contributed by atoms with van der Waals surface area (Å²) in [5, 5.41) is 12.5. The van der Waals surface area contributed by atoms with Crippen LogP contribution in [-0.2, 0) is 27.9 Å². The molecule has 5 heterocycles. The van der Waals surface area contributed by atoms with Crippen molar-refractivity contribution in [1.82, 2.24) is 34.3 Å². The Bertz CT molecular complexity index is 2040. The second-order valence-corrected chi connectivity index (χ2v) is 15.4. The summed E-state index contributed by atoms with van der Waals surface area (Å²) < 4.78 is 37.1. The fraction of sp³-hybridized carbons (Fsp3) is 0.394. The maximum Gasteiger partial charge on any atom is 0.248 e. The summed E-state index contributed by atoms with van der Waals surface area (Å²) in [6, 6.07) is 10.7. The van der Waals surface area contributed by atoms with Crippen molar-refractivity contribution in [3.63, 3.8) is 0 Å². The summed E-state index contributed by atoms with van der Waals surface area (Å²) in [5.74, 6) is -0.584. The first-order valence-corrected chi connectivity index (χ1v) is 17.8. The third-order valence-electron chi connectivity index (χ3n) is 8.80. The Morgan fingerprint density at radius 3 is 2.66 bits per heavy atom. The average Bonchev–Trinajstić information content (AvgIpc) is 3.62. The van der Waals surface area contributed by atoms with Crippen LogP contribution >= 0.6 is 11.3 Å². The lowest BCUT2D eigenvalue weighted by Gasteiger charge is -2.33. The van der Waals surface area contributed by atoms with Crippen molar-refractivity contribution in [1.29, 1.82) is 0 Å². The molecule has 1 aliphatic rings. The number of benzene rings is 1. The number of pyridine rings is 2. The number of nitrogens with one attached hydrogen (secondary N) is 1. The lowest BCUT2D eigenvalue weighted by molar-refractivity contribution is -0.124. The van der Waals surface area contributed by atoms with E-state index in [2.05, 4.69) is 25.6 Å². The van der Waals surface area contributed by atoms with Crippen LogP contribution in [0.5, 0.6) is 5.88 Å². The SMILES string of the molecule is CC[C@@H]1CN(Cc2nc([C@@H](c3ccc4c(nnn4CC)c3C)C(C)(C)C(=O)Nc3cccnc3)sc2C)S(=O)(=O)c2cccnc2O1. The number of nitrogens with zero attached hydrogens (tertiary/aromatic N) is 7. The van der Waals surface area contributed by atoms with E-state index in [-0.39, 0.29) is 35.9 Å². The van der Waals surface area contributed by atoms with Gasteiger partial charge in [0.15, 0.2) is 0 Å². The minimum Gasteiger partial charge on any atom is -0.472 e. The second-order valence-electron chi connectivity index (χ2n) is 12.2. The van der Waals surface area contributed by atoms with Crippen LogP contribution in [0.3, 0.4) is 0 Å². The smallest absolute Gasteiger partial charge is 0.248 e. The Morgan fingerprint density at radius 1 is 1.15 bits per heavy atom. The summed E-state index contributed by atoms with van der Waals surface area (Å²) in [6.07, 6.45) is 5.03. The number of aryl methyl sites for hydroxylation is 3. The van der Waals surface area contributed by atoms with Gasteiger partial charge in [0.05, 0.1) is 47.5 Å². The predicted molar refractivity (Wildman–Crippen MR) is 180 cm³/mol. The molecule has 6 rings (SSSR count). The Morgan fingerprint density at radius 2 is 1.94 bits per heavy atom. The zero-order valence-electron chi connectivity index (χ0n) is 27.3. The number of aromatic nitrogens is 6. The van der Waals surface area contributed by atoms with Crippen molar-refractivity contribution in [3.05, 3.63) is 81.7 Å². The van der Waals surface area contributed by atoms with E-state index in [1.54, 1.807) is 30.6 Å². The first-order chi connectivity index (χ1) is 22.4. The van der Waals surface area contributed by atoms with Gasteiger partial charge in [-0.25, -0.2) is 23.1 Å². The highest BCUT2D eigenvalue weighted by Gasteiger charge is 2.43. The van der Waals surface area contributed by atoms with Crippen molar-refractivity contribution >= 4 is 44.0 Å². The van der Waals surface area contributed by atoms with Gasteiger partial charge in [-0.05, 0) is 68.7 Å². The van der Waals surface area contributed by atoms with E-state index in [0.29, 0.717) is 29.4 Å². The molecule has 1 aromatic carbocycles. The lowest BCUT2D eigenvalue weighted by Crippen LogP contribution is -2.37. The molecule has 0 saturated heterocycles. The number of fused-ring (bicyclic) bond motifs is 2. The van der Waals surface area contributed by atoms with Crippen molar-refractivity contribution in [2.75, 3.05) is 11.9 Å². The fourth-order valence-electron chi connectivity index (χ4n) is 5.99. The number of sulfonamides is 1. The molecule has 246 valence electrons. The van der Waals surface area contributed by atoms with Gasteiger partial charge in [-0.15, -0.1) is 16.4 Å². The molecule has 1 aliphatic heterocycles. The number of carbonyl (C=O) groups excluding carboxylic acids is 1. The molecule has 0 spiro atoms. The molecule has 0 saturated carbocycles. The number of ether oxygens (including phenoxy) is 1. The van der Waals surface area contributed by atoms with Gasteiger partial charge >= 0.3 is 0 Å². The van der Waals surface area contributed by atoms with Crippen LogP contribution in [0.15, 0.2) is 59.9 Å². The van der Waals surface area contributed by atoms with E-state index in [4.69, 9.17) is 9.72 Å². The Hall–Kier alpha value is -4.27. The summed E-state index contributed by atoms with van der Waals surface area (Å²) in [7, 11) is -3.93. The monoisotopic (exact) mass is 674 g/mol. The number of hydrogen-bond acceptors (Lipinski definition) is 10. The number of thiazole rings is 1. The highest BCUT2D eigenvalue weighted by molar-refractivity contribution is 7.89. The topological polar surface area (TPSA) is 145 Å². The maximum absolute atomic E-state index is 14.1. The van der Waals surface area contributed by atoms with Crippen molar-refractivity contribution in [3.8, 4) is 5.88 Å². The first kappa shape index (κ1) is 32.7. The minimum absolute atomic E-state index is 0.0409. The molecule has 0 radical (unpaired) electrons. The van der Waals surface area contributed by atoms with Crippen molar-refractivity contribution in [2.24, 2.45) is 5.41 Å². The number of anilines is 1. The fourth-order valence-corrected chi connectivity index (χ4v) is 8.73. The number of carbonyl (C=O) groups is 1. The number of rotatable bonds is 9. The molecule has 12 nitrogen and oxygen atoms in total. The zero-order valence-corrected chi connectivity index (χ0v) is 28.9. The molecule has 4 aromatic heterocycles. The molecule has 47 heavy (non-hydrogen) atoms. The van der Waals surface area contributed by atoms with Crippen LogP contribution in [0.25, 0.3) is 11.0 Å². The molecule has 1 N–H and O–H groups in total. The average molecular weight is 675 g/mol. The van der Waals surface area contributed by atoms with Crippen molar-refractivity contribution < 1.29 is 17.9 Å². The first-order valence-electron chi connectivity index (χ1n) is 15.6. The molecular formula is C33H38N8O4S2. The van der Waals surface area contributed by atoms with Gasteiger partial charge in [0.25, 0.3) is 0 Å². The van der Waals surface area contributed by atoms with Crippen LogP contribution in [0.2, 0.25) is 0 Å². The van der Waals surface area contributed by atoms with Gasteiger partial charge in [-0.2, -0.15) is 4.31 Å². The Labute approximate surface area is 278 Å². The maximum atomic E-state index is 14.1. The molecular weight excluding hydrogens is 637 g/mol. The van der Waals surface area contributed by atoms with Crippen molar-refractivity contribution in [2.45, 2.75) is 78.0 Å². The Balaban J connectivity index is 1.43. The van der Waals surface area contributed by atoms with Gasteiger partial charge in [0.2, 0.25) is 21.8 Å². The van der Waals surface area contributed by atoms with E-state index in [1.807, 2.05) is 58.4 Å². The molecule has 0 bridgehead atoms. The molecule has 5 aromatic rings. The summed E-state index contributed by atoms with van der Waals surface area (Å²) in [6.45, 7) is 12.6. The number of amides is 1. The number of hydrogen-bond donors (Lipinski definition) is 1. The van der Waals surface area contributed by atoms with Gasteiger partial charge < -0.3 is 10.1 Å². The largest absolute Gasteiger partial charge is 0.472 e. The molecule has 1 amide bonds. The third kappa shape index (κ3) is 6.01. The molecule has 2 atom stereocenters. The van der Waals surface area contributed by atoms with E-state index in [9.17, 15) is 13.2 Å². The van der Waals surface area contributed by atoms with Gasteiger partial charge in [0.1, 0.15) is 21.5 Å². The highest BCUT2D eigenvalue weighted by atomic mass is 32.2. The molecule has 14 heteroatoms. The van der Waals surface area contributed by atoms with Gasteiger partial charge in [-0.3, -0.25) is 9.78 Å². The lowest BCUT2D eigenvalue weighted by atomic mass is 9.73. The third-order valence-corrected chi connectivity index (χ3v) is 11.7. The van der Waals surface area contributed by atoms with Crippen LogP contribution in [0.1, 0.15) is 66.7 Å². The van der Waals surface area contributed by atoms with Crippen LogP contribution < -0.4 is 10.1 Å². The molecule has 0 unspecified atom stereocenters. The van der Waals surface area contributed by atoms with Crippen LogP contribution in [-0.4, -0.2) is 61.2 Å². The normalized spacial score (nSPS) is 17.1. The van der Waals surface area contributed by atoms with E-state index in [0.717, 1.165) is 27.0 Å². The second kappa shape index (κ2) is 12.7. The minimum atomic E-state index is -3.93. The molecule has 0 fully saturated rings. The Kier molecular flexibility index (Phi) is 8.85. The van der Waals surface area contributed by atoms with E-state index >= 15 is 0 Å². The zero-order chi connectivity index (χ0) is 33.5.